The molecule has 1 aromatic heterocycles. The van der Waals surface area contributed by atoms with E-state index in [-0.39, 0.29) is 40.8 Å². The number of aryl methyl sites for hydroxylation is 1. The van der Waals surface area contributed by atoms with Gasteiger partial charge in [-0.15, -0.1) is 24.0 Å². The molecule has 1 aliphatic heterocycles. The molecule has 2 heterocycles. The number of rotatable bonds is 4. The third kappa shape index (κ3) is 4.60. The topological polar surface area (TPSA) is 65.8 Å². The van der Waals surface area contributed by atoms with Gasteiger partial charge in [0, 0.05) is 64.6 Å². The summed E-state index contributed by atoms with van der Waals surface area (Å²) >= 11 is 0. The van der Waals surface area contributed by atoms with Crippen LogP contribution >= 0.6 is 24.0 Å². The van der Waals surface area contributed by atoms with Gasteiger partial charge < -0.3 is 19.7 Å². The van der Waals surface area contributed by atoms with Crippen molar-refractivity contribution >= 4 is 35.8 Å². The van der Waals surface area contributed by atoms with E-state index >= 15 is 0 Å². The van der Waals surface area contributed by atoms with E-state index in [0.717, 1.165) is 44.0 Å². The summed E-state index contributed by atoms with van der Waals surface area (Å²) in [7, 11) is 3.52. The SMILES string of the molecule is CN=C(NCC1(c2cccc(F)c2)CC1)N1CCN(c2nccn(C)c2=O)CC1.I. The molecule has 4 rings (SSSR count). The molecule has 162 valence electrons. The van der Waals surface area contributed by atoms with Gasteiger partial charge in [0.15, 0.2) is 11.8 Å². The van der Waals surface area contributed by atoms with Crippen molar-refractivity contribution in [3.63, 3.8) is 0 Å². The number of anilines is 1. The smallest absolute Gasteiger partial charge is 0.293 e. The monoisotopic (exact) mass is 526 g/mol. The fraction of sp³-hybridized carbons (Fsp3) is 0.476. The molecule has 9 heteroatoms. The maximum Gasteiger partial charge on any atom is 0.293 e. The zero-order valence-electron chi connectivity index (χ0n) is 17.3. The highest BCUT2D eigenvalue weighted by Gasteiger charge is 2.44. The van der Waals surface area contributed by atoms with Crippen molar-refractivity contribution in [2.75, 3.05) is 44.7 Å². The highest BCUT2D eigenvalue weighted by atomic mass is 127. The first-order valence-corrected chi connectivity index (χ1v) is 10.0. The third-order valence-electron chi connectivity index (χ3n) is 5.96. The molecule has 1 aromatic carbocycles. The number of hydrogen-bond acceptors (Lipinski definition) is 4. The van der Waals surface area contributed by atoms with Crippen LogP contribution in [0.5, 0.6) is 0 Å². The van der Waals surface area contributed by atoms with Crippen molar-refractivity contribution in [2.45, 2.75) is 18.3 Å². The normalized spacial score (nSPS) is 18.0. The van der Waals surface area contributed by atoms with Gasteiger partial charge >= 0.3 is 0 Å². The summed E-state index contributed by atoms with van der Waals surface area (Å²) in [4.78, 5) is 25.2. The summed E-state index contributed by atoms with van der Waals surface area (Å²) in [6, 6.07) is 6.91. The Kier molecular flexibility index (Phi) is 6.99. The van der Waals surface area contributed by atoms with Crippen LogP contribution in [0.25, 0.3) is 0 Å². The van der Waals surface area contributed by atoms with Crippen LogP contribution in [0.15, 0.2) is 46.4 Å². The summed E-state index contributed by atoms with van der Waals surface area (Å²) in [6.45, 7) is 3.67. The van der Waals surface area contributed by atoms with Gasteiger partial charge in [0.05, 0.1) is 0 Å². The minimum absolute atomic E-state index is 0. The number of nitrogens with zero attached hydrogens (tertiary/aromatic N) is 5. The number of guanidine groups is 1. The predicted molar refractivity (Wildman–Crippen MR) is 127 cm³/mol. The van der Waals surface area contributed by atoms with Crippen molar-refractivity contribution < 1.29 is 4.39 Å². The van der Waals surface area contributed by atoms with Crippen LogP contribution in [0.3, 0.4) is 0 Å². The second-order valence-corrected chi connectivity index (χ2v) is 7.83. The van der Waals surface area contributed by atoms with Crippen LogP contribution in [0.1, 0.15) is 18.4 Å². The second-order valence-electron chi connectivity index (χ2n) is 7.83. The molecule has 2 aliphatic rings. The molecule has 1 aliphatic carbocycles. The molecule has 0 amide bonds. The maximum atomic E-state index is 13.6. The number of piperazine rings is 1. The van der Waals surface area contributed by atoms with Crippen molar-refractivity contribution in [1.29, 1.82) is 0 Å². The Hall–Kier alpha value is -2.17. The number of halogens is 2. The molecule has 1 N–H and O–H groups in total. The van der Waals surface area contributed by atoms with E-state index in [1.807, 2.05) is 11.0 Å². The Morgan fingerprint density at radius 2 is 2.00 bits per heavy atom. The molecule has 0 spiro atoms. The highest BCUT2D eigenvalue weighted by Crippen LogP contribution is 2.47. The summed E-state index contributed by atoms with van der Waals surface area (Å²) in [5.74, 6) is 1.16. The number of hydrogen-bond donors (Lipinski definition) is 1. The lowest BCUT2D eigenvalue weighted by Crippen LogP contribution is -2.54. The molecular weight excluding hydrogens is 498 g/mol. The number of nitrogens with one attached hydrogen (secondary N) is 1. The van der Waals surface area contributed by atoms with Gasteiger partial charge in [-0.2, -0.15) is 0 Å². The molecule has 2 aromatic rings. The Balaban J connectivity index is 0.00000256. The van der Waals surface area contributed by atoms with Gasteiger partial charge in [-0.1, -0.05) is 12.1 Å². The Morgan fingerprint density at radius 1 is 1.27 bits per heavy atom. The van der Waals surface area contributed by atoms with E-state index in [9.17, 15) is 9.18 Å². The second kappa shape index (κ2) is 9.32. The minimum atomic E-state index is -0.185. The molecule has 7 nitrogen and oxygen atoms in total. The maximum absolute atomic E-state index is 13.6. The first kappa shape index (κ1) is 22.5. The first-order valence-electron chi connectivity index (χ1n) is 10.0. The molecule has 1 saturated carbocycles. The van der Waals surface area contributed by atoms with Crippen LogP contribution in [0.4, 0.5) is 10.2 Å². The molecule has 1 saturated heterocycles. The molecular formula is C21H28FIN6O. The van der Waals surface area contributed by atoms with Crippen LogP contribution in [-0.2, 0) is 12.5 Å². The lowest BCUT2D eigenvalue weighted by molar-refractivity contribution is 0.369. The van der Waals surface area contributed by atoms with Crippen molar-refractivity contribution in [3.05, 3.63) is 58.4 Å². The van der Waals surface area contributed by atoms with E-state index in [4.69, 9.17) is 0 Å². The van der Waals surface area contributed by atoms with Crippen LogP contribution < -0.4 is 15.8 Å². The zero-order chi connectivity index (χ0) is 20.4. The van der Waals surface area contributed by atoms with Gasteiger partial charge in [0.1, 0.15) is 5.82 Å². The molecule has 2 fully saturated rings. The predicted octanol–water partition coefficient (Wildman–Crippen LogP) is 1.97. The van der Waals surface area contributed by atoms with Gasteiger partial charge in [-0.3, -0.25) is 9.79 Å². The third-order valence-corrected chi connectivity index (χ3v) is 5.96. The van der Waals surface area contributed by atoms with Crippen LogP contribution in [0, 0.1) is 5.82 Å². The fourth-order valence-corrected chi connectivity index (χ4v) is 3.95. The van der Waals surface area contributed by atoms with E-state index in [2.05, 4.69) is 20.2 Å². The largest absolute Gasteiger partial charge is 0.355 e. The Labute approximate surface area is 193 Å². The van der Waals surface area contributed by atoms with Crippen molar-refractivity contribution in [1.82, 2.24) is 19.8 Å². The lowest BCUT2D eigenvalue weighted by Gasteiger charge is -2.37. The summed E-state index contributed by atoms with van der Waals surface area (Å²) in [5, 5.41) is 3.49. The molecule has 0 radical (unpaired) electrons. The minimum Gasteiger partial charge on any atom is -0.355 e. The van der Waals surface area contributed by atoms with Gasteiger partial charge in [0.25, 0.3) is 5.56 Å². The van der Waals surface area contributed by atoms with E-state index in [1.165, 1.54) is 6.07 Å². The van der Waals surface area contributed by atoms with Crippen molar-refractivity contribution in [2.24, 2.45) is 12.0 Å². The van der Waals surface area contributed by atoms with Gasteiger partial charge in [-0.25, -0.2) is 9.37 Å². The average molecular weight is 526 g/mol. The summed E-state index contributed by atoms with van der Waals surface area (Å²) in [6.07, 6.45) is 5.43. The van der Waals surface area contributed by atoms with Gasteiger partial charge in [-0.05, 0) is 30.5 Å². The standard InChI is InChI=1S/C21H27FN6O.HI/c1-23-20(25-15-21(6-7-21)16-4-3-5-17(22)14-16)28-12-10-27(11-13-28)18-19(29)26(2)9-8-24-18;/h3-5,8-9,14H,6-7,10-13,15H2,1-2H3,(H,23,25);1H. The molecule has 0 unspecified atom stereocenters. The molecule has 0 atom stereocenters. The first-order chi connectivity index (χ1) is 14.0. The van der Waals surface area contributed by atoms with Crippen LogP contribution in [0.2, 0.25) is 0 Å². The number of aliphatic imine (C=N–C) groups is 1. The van der Waals surface area contributed by atoms with Crippen LogP contribution in [-0.4, -0.2) is 60.2 Å². The summed E-state index contributed by atoms with van der Waals surface area (Å²) in [5.41, 5.74) is 0.977. The number of benzene rings is 1. The van der Waals surface area contributed by atoms with Crippen molar-refractivity contribution in [3.8, 4) is 0 Å². The van der Waals surface area contributed by atoms with E-state index in [0.29, 0.717) is 18.9 Å². The zero-order valence-corrected chi connectivity index (χ0v) is 19.7. The molecule has 30 heavy (non-hydrogen) atoms. The van der Waals surface area contributed by atoms with Gasteiger partial charge in [0.2, 0.25) is 0 Å². The molecule has 0 bridgehead atoms. The fourth-order valence-electron chi connectivity index (χ4n) is 3.95. The summed E-state index contributed by atoms with van der Waals surface area (Å²) < 4.78 is 15.2. The average Bonchev–Trinajstić information content (AvgIpc) is 3.52. The lowest BCUT2D eigenvalue weighted by atomic mass is 9.96. The Bertz CT molecular complexity index is 966. The van der Waals surface area contributed by atoms with E-state index in [1.54, 1.807) is 43.2 Å². The number of aromatic nitrogens is 2. The highest BCUT2D eigenvalue weighted by molar-refractivity contribution is 14.0. The quantitative estimate of drug-likeness (QED) is 0.375. The van der Waals surface area contributed by atoms with E-state index < -0.39 is 0 Å². The Morgan fingerprint density at radius 3 is 2.63 bits per heavy atom.